The molecule has 3 aromatic carbocycles. The SMILES string of the molecule is Oc1ccc2c(c1)OC[C@@H](c1ccccc1)[C@H]2c1ccc(OCCCN2CCCCC2)cc1. The lowest BCUT2D eigenvalue weighted by Gasteiger charge is -2.34. The minimum Gasteiger partial charge on any atom is -0.508 e. The highest BCUT2D eigenvalue weighted by Gasteiger charge is 2.33. The Balaban J connectivity index is 1.30. The fraction of sp³-hybridized carbons (Fsp3) is 0.379. The molecule has 0 aliphatic carbocycles. The molecule has 0 bridgehead atoms. The number of phenolic OH excluding ortho intramolecular Hbond substituents is 1. The maximum absolute atomic E-state index is 9.95. The van der Waals surface area contributed by atoms with Crippen molar-refractivity contribution in [2.45, 2.75) is 37.5 Å². The van der Waals surface area contributed by atoms with E-state index in [0.29, 0.717) is 6.61 Å². The first kappa shape index (κ1) is 21.8. The van der Waals surface area contributed by atoms with E-state index in [0.717, 1.165) is 36.6 Å². The highest BCUT2D eigenvalue weighted by Crippen LogP contribution is 2.47. The Morgan fingerprint density at radius 3 is 2.45 bits per heavy atom. The average Bonchev–Trinajstić information content (AvgIpc) is 2.87. The van der Waals surface area contributed by atoms with E-state index in [1.165, 1.54) is 43.5 Å². The second-order valence-electron chi connectivity index (χ2n) is 9.20. The Bertz CT molecular complexity index is 1030. The molecule has 172 valence electrons. The van der Waals surface area contributed by atoms with Crippen molar-refractivity contribution in [3.63, 3.8) is 0 Å². The van der Waals surface area contributed by atoms with Gasteiger partial charge in [-0.1, -0.05) is 55.0 Å². The van der Waals surface area contributed by atoms with Crippen LogP contribution in [0, 0.1) is 0 Å². The Labute approximate surface area is 196 Å². The maximum Gasteiger partial charge on any atom is 0.126 e. The van der Waals surface area contributed by atoms with Crippen molar-refractivity contribution in [3.8, 4) is 17.2 Å². The van der Waals surface area contributed by atoms with E-state index in [1.807, 2.05) is 12.1 Å². The van der Waals surface area contributed by atoms with Crippen molar-refractivity contribution in [2.24, 2.45) is 0 Å². The number of phenols is 1. The first-order valence-corrected chi connectivity index (χ1v) is 12.2. The highest BCUT2D eigenvalue weighted by molar-refractivity contribution is 5.50. The summed E-state index contributed by atoms with van der Waals surface area (Å²) in [6.45, 7) is 4.94. The van der Waals surface area contributed by atoms with Gasteiger partial charge in [0, 0.05) is 30.0 Å². The largest absolute Gasteiger partial charge is 0.508 e. The Morgan fingerprint density at radius 2 is 1.67 bits per heavy atom. The number of nitrogens with zero attached hydrogens (tertiary/aromatic N) is 1. The Kier molecular flexibility index (Phi) is 6.82. The maximum atomic E-state index is 9.95. The number of rotatable bonds is 7. The van der Waals surface area contributed by atoms with Crippen LogP contribution >= 0.6 is 0 Å². The number of benzene rings is 3. The minimum atomic E-state index is 0.157. The van der Waals surface area contributed by atoms with Crippen molar-refractivity contribution in [2.75, 3.05) is 32.8 Å². The normalized spacial score (nSPS) is 20.6. The van der Waals surface area contributed by atoms with Gasteiger partial charge in [-0.15, -0.1) is 0 Å². The van der Waals surface area contributed by atoms with E-state index in [1.54, 1.807) is 12.1 Å². The van der Waals surface area contributed by atoms with Crippen molar-refractivity contribution < 1.29 is 14.6 Å². The Morgan fingerprint density at radius 1 is 0.879 bits per heavy atom. The molecular weight excluding hydrogens is 410 g/mol. The van der Waals surface area contributed by atoms with Crippen molar-refractivity contribution in [1.29, 1.82) is 0 Å². The van der Waals surface area contributed by atoms with Gasteiger partial charge in [-0.2, -0.15) is 0 Å². The summed E-state index contributed by atoms with van der Waals surface area (Å²) in [5.41, 5.74) is 3.61. The molecule has 33 heavy (non-hydrogen) atoms. The van der Waals surface area contributed by atoms with Crippen LogP contribution in [0.1, 0.15) is 54.2 Å². The molecule has 0 radical (unpaired) electrons. The summed E-state index contributed by atoms with van der Waals surface area (Å²) in [6.07, 6.45) is 5.11. The van der Waals surface area contributed by atoms with Gasteiger partial charge in [0.25, 0.3) is 0 Å². The first-order chi connectivity index (χ1) is 16.3. The van der Waals surface area contributed by atoms with E-state index in [-0.39, 0.29) is 17.6 Å². The van der Waals surface area contributed by atoms with E-state index < -0.39 is 0 Å². The van der Waals surface area contributed by atoms with Crippen LogP contribution in [0.5, 0.6) is 17.2 Å². The molecular formula is C29H33NO3. The molecule has 2 aliphatic rings. The van der Waals surface area contributed by atoms with Crippen LogP contribution in [0.4, 0.5) is 0 Å². The van der Waals surface area contributed by atoms with Crippen LogP contribution in [0.15, 0.2) is 72.8 Å². The molecule has 1 fully saturated rings. The molecule has 3 aromatic rings. The molecule has 0 spiro atoms. The molecule has 2 atom stereocenters. The van der Waals surface area contributed by atoms with Gasteiger partial charge in [0.15, 0.2) is 0 Å². The predicted molar refractivity (Wildman–Crippen MR) is 131 cm³/mol. The van der Waals surface area contributed by atoms with Gasteiger partial charge in [0.1, 0.15) is 17.2 Å². The second-order valence-corrected chi connectivity index (χ2v) is 9.20. The number of fused-ring (bicyclic) bond motifs is 1. The zero-order valence-electron chi connectivity index (χ0n) is 19.2. The van der Waals surface area contributed by atoms with Crippen LogP contribution in [0.25, 0.3) is 0 Å². The van der Waals surface area contributed by atoms with Gasteiger partial charge >= 0.3 is 0 Å². The third-order valence-corrected chi connectivity index (χ3v) is 6.96. The fourth-order valence-electron chi connectivity index (χ4n) is 5.23. The molecule has 4 heteroatoms. The van der Waals surface area contributed by atoms with Crippen LogP contribution < -0.4 is 9.47 Å². The molecule has 4 nitrogen and oxygen atoms in total. The topological polar surface area (TPSA) is 41.9 Å². The molecule has 0 saturated carbocycles. The number of piperidine rings is 1. The molecule has 0 aromatic heterocycles. The summed E-state index contributed by atoms with van der Waals surface area (Å²) < 4.78 is 12.1. The summed E-state index contributed by atoms with van der Waals surface area (Å²) >= 11 is 0. The number of likely N-dealkylation sites (tertiary alicyclic amines) is 1. The first-order valence-electron chi connectivity index (χ1n) is 12.2. The fourth-order valence-corrected chi connectivity index (χ4v) is 5.23. The molecule has 5 rings (SSSR count). The molecule has 1 N–H and O–H groups in total. The van der Waals surface area contributed by atoms with Crippen LogP contribution in [0.2, 0.25) is 0 Å². The third kappa shape index (κ3) is 5.17. The molecule has 0 amide bonds. The monoisotopic (exact) mass is 443 g/mol. The van der Waals surface area contributed by atoms with Gasteiger partial charge < -0.3 is 19.5 Å². The predicted octanol–water partition coefficient (Wildman–Crippen LogP) is 5.96. The van der Waals surface area contributed by atoms with Gasteiger partial charge in [-0.3, -0.25) is 0 Å². The van der Waals surface area contributed by atoms with Crippen molar-refractivity contribution in [1.82, 2.24) is 4.90 Å². The molecule has 2 heterocycles. The number of ether oxygens (including phenoxy) is 2. The van der Waals surface area contributed by atoms with E-state index >= 15 is 0 Å². The molecule has 2 aliphatic heterocycles. The number of hydrogen-bond donors (Lipinski definition) is 1. The lowest BCUT2D eigenvalue weighted by molar-refractivity contribution is 0.205. The Hall–Kier alpha value is -2.98. The molecule has 1 saturated heterocycles. The minimum absolute atomic E-state index is 0.157. The second kappa shape index (κ2) is 10.3. The van der Waals surface area contributed by atoms with Crippen molar-refractivity contribution >= 4 is 0 Å². The smallest absolute Gasteiger partial charge is 0.126 e. The lowest BCUT2D eigenvalue weighted by Crippen LogP contribution is -2.31. The zero-order valence-corrected chi connectivity index (χ0v) is 19.2. The van der Waals surface area contributed by atoms with Gasteiger partial charge in [-0.25, -0.2) is 0 Å². The zero-order chi connectivity index (χ0) is 22.5. The summed E-state index contributed by atoms with van der Waals surface area (Å²) in [5, 5.41) is 9.95. The highest BCUT2D eigenvalue weighted by atomic mass is 16.5. The quantitative estimate of drug-likeness (QED) is 0.458. The standard InChI is InChI=1S/C29H33NO3/c31-24-12-15-26-28(20-24)33-21-27(22-8-3-1-4-9-22)29(26)23-10-13-25(14-11-23)32-19-7-18-30-16-5-2-6-17-30/h1,3-4,8-15,20,27,29,31H,2,5-7,16-19,21H2/t27-,29-/m0/s1. The number of hydrogen-bond acceptors (Lipinski definition) is 4. The molecule has 0 unspecified atom stereocenters. The van der Waals surface area contributed by atoms with Gasteiger partial charge in [0.2, 0.25) is 0 Å². The van der Waals surface area contributed by atoms with E-state index in [2.05, 4.69) is 53.4 Å². The van der Waals surface area contributed by atoms with Gasteiger partial charge in [-0.05, 0) is 61.7 Å². The van der Waals surface area contributed by atoms with Crippen LogP contribution in [-0.2, 0) is 0 Å². The summed E-state index contributed by atoms with van der Waals surface area (Å²) in [5.74, 6) is 2.29. The van der Waals surface area contributed by atoms with E-state index in [4.69, 9.17) is 9.47 Å². The summed E-state index contributed by atoms with van der Waals surface area (Å²) in [4.78, 5) is 2.56. The van der Waals surface area contributed by atoms with Gasteiger partial charge in [0.05, 0.1) is 13.2 Å². The average molecular weight is 444 g/mol. The number of aromatic hydroxyl groups is 1. The lowest BCUT2D eigenvalue weighted by atomic mass is 9.76. The third-order valence-electron chi connectivity index (χ3n) is 6.96. The van der Waals surface area contributed by atoms with E-state index in [9.17, 15) is 5.11 Å². The summed E-state index contributed by atoms with van der Waals surface area (Å²) in [7, 11) is 0. The van der Waals surface area contributed by atoms with Crippen LogP contribution in [-0.4, -0.2) is 42.9 Å². The van der Waals surface area contributed by atoms with Crippen LogP contribution in [0.3, 0.4) is 0 Å². The summed E-state index contributed by atoms with van der Waals surface area (Å²) in [6, 6.07) is 24.6. The van der Waals surface area contributed by atoms with Crippen molar-refractivity contribution in [3.05, 3.63) is 89.5 Å².